The molecule has 0 aliphatic rings. The van der Waals surface area contributed by atoms with Gasteiger partial charge in [-0.15, -0.1) is 0 Å². The van der Waals surface area contributed by atoms with Crippen molar-refractivity contribution in [1.82, 2.24) is 15.0 Å². The van der Waals surface area contributed by atoms with E-state index >= 15 is 0 Å². The van der Waals surface area contributed by atoms with Crippen LogP contribution >= 0.6 is 0 Å². The van der Waals surface area contributed by atoms with Gasteiger partial charge in [-0.2, -0.15) is 0 Å². The third kappa shape index (κ3) is 3.67. The molecule has 4 aromatic rings. The fourth-order valence-electron chi connectivity index (χ4n) is 2.99. The van der Waals surface area contributed by atoms with Crippen molar-refractivity contribution in [3.8, 4) is 11.3 Å². The van der Waals surface area contributed by atoms with Gasteiger partial charge in [-0.3, -0.25) is 19.3 Å². The molecule has 0 saturated heterocycles. The second-order valence-corrected chi connectivity index (χ2v) is 8.13. The van der Waals surface area contributed by atoms with Gasteiger partial charge in [-0.1, -0.05) is 30.3 Å². The molecule has 0 fully saturated rings. The van der Waals surface area contributed by atoms with Gasteiger partial charge in [-0.05, 0) is 36.8 Å². The first-order valence-corrected chi connectivity index (χ1v) is 10.1. The highest BCUT2D eigenvalue weighted by Gasteiger charge is 2.19. The molecule has 146 valence electrons. The Bertz CT molecular complexity index is 1420. The zero-order chi connectivity index (χ0) is 20.6. The fraction of sp³-hybridized carbons (Fsp3) is 0.0500. The lowest BCUT2D eigenvalue weighted by Crippen LogP contribution is -2.29. The van der Waals surface area contributed by atoms with Crippen LogP contribution in [0, 0.1) is 6.92 Å². The van der Waals surface area contributed by atoms with Gasteiger partial charge in [0.1, 0.15) is 0 Å². The maximum Gasteiger partial charge on any atom is 0.314 e. The molecule has 2 aromatic heterocycles. The van der Waals surface area contributed by atoms with E-state index in [4.69, 9.17) is 0 Å². The lowest BCUT2D eigenvalue weighted by molar-refractivity contribution is 0.600. The van der Waals surface area contributed by atoms with Crippen LogP contribution in [-0.4, -0.2) is 23.4 Å². The van der Waals surface area contributed by atoms with Crippen molar-refractivity contribution in [1.29, 1.82) is 0 Å². The molecule has 0 radical (unpaired) electrons. The standard InChI is InChI=1S/C20H16N4O4S/c1-12-9-16-17(23-20(26)19(25)22-16)10-18(12)29(27,28)24-14-7-8-15(21-11-14)13-5-3-2-4-6-13/h2-11,24H,1H3,(H,22,25)(H,23,26). The number of pyridine rings is 1. The zero-order valence-electron chi connectivity index (χ0n) is 15.3. The second-order valence-electron chi connectivity index (χ2n) is 6.48. The van der Waals surface area contributed by atoms with Crippen molar-refractivity contribution in [2.24, 2.45) is 0 Å². The molecule has 4 rings (SSSR count). The van der Waals surface area contributed by atoms with Crippen molar-refractivity contribution in [3.63, 3.8) is 0 Å². The van der Waals surface area contributed by atoms with Crippen LogP contribution < -0.4 is 15.8 Å². The molecule has 2 heterocycles. The lowest BCUT2D eigenvalue weighted by Gasteiger charge is -2.12. The number of rotatable bonds is 4. The van der Waals surface area contributed by atoms with Gasteiger partial charge in [0.15, 0.2) is 0 Å². The van der Waals surface area contributed by atoms with Crippen LogP contribution in [0.15, 0.2) is 75.3 Å². The summed E-state index contributed by atoms with van der Waals surface area (Å²) in [6.45, 7) is 1.61. The molecule has 29 heavy (non-hydrogen) atoms. The number of H-pyrrole nitrogens is 2. The van der Waals surface area contributed by atoms with E-state index in [0.29, 0.717) is 16.8 Å². The molecule has 0 spiro atoms. The number of benzene rings is 2. The third-order valence-electron chi connectivity index (χ3n) is 4.39. The number of aryl methyl sites for hydroxylation is 1. The monoisotopic (exact) mass is 408 g/mol. The van der Waals surface area contributed by atoms with E-state index in [-0.39, 0.29) is 10.4 Å². The summed E-state index contributed by atoms with van der Waals surface area (Å²) in [6, 6.07) is 15.7. The van der Waals surface area contributed by atoms with Crippen LogP contribution in [0.3, 0.4) is 0 Å². The Morgan fingerprint density at radius 3 is 2.17 bits per heavy atom. The van der Waals surface area contributed by atoms with E-state index in [9.17, 15) is 18.0 Å². The van der Waals surface area contributed by atoms with Gasteiger partial charge in [-0.25, -0.2) is 8.42 Å². The number of aromatic amines is 2. The molecule has 0 bridgehead atoms. The summed E-state index contributed by atoms with van der Waals surface area (Å²) in [7, 11) is -3.94. The quantitative estimate of drug-likeness (QED) is 0.447. The van der Waals surface area contributed by atoms with Crippen molar-refractivity contribution in [2.45, 2.75) is 11.8 Å². The van der Waals surface area contributed by atoms with Crippen molar-refractivity contribution < 1.29 is 8.42 Å². The minimum Gasteiger partial charge on any atom is -0.316 e. The zero-order valence-corrected chi connectivity index (χ0v) is 16.1. The maximum atomic E-state index is 12.9. The number of hydrogen-bond acceptors (Lipinski definition) is 5. The Hall–Kier alpha value is -3.72. The van der Waals surface area contributed by atoms with E-state index in [2.05, 4.69) is 19.7 Å². The second kappa shape index (κ2) is 7.02. The minimum absolute atomic E-state index is 0.0140. The Kier molecular flexibility index (Phi) is 4.51. The minimum atomic E-state index is -3.94. The Morgan fingerprint density at radius 2 is 1.55 bits per heavy atom. The van der Waals surface area contributed by atoms with E-state index in [1.807, 2.05) is 30.3 Å². The van der Waals surface area contributed by atoms with Crippen LogP contribution in [0.4, 0.5) is 5.69 Å². The van der Waals surface area contributed by atoms with E-state index < -0.39 is 21.1 Å². The van der Waals surface area contributed by atoms with Crippen LogP contribution in [-0.2, 0) is 10.0 Å². The van der Waals surface area contributed by atoms with Crippen molar-refractivity contribution in [3.05, 3.63) is 87.1 Å². The Balaban J connectivity index is 1.68. The summed E-state index contributed by atoms with van der Waals surface area (Å²) in [5, 5.41) is 0. The molecule has 3 N–H and O–H groups in total. The Morgan fingerprint density at radius 1 is 0.897 bits per heavy atom. The number of nitrogens with zero attached hydrogens (tertiary/aromatic N) is 1. The van der Waals surface area contributed by atoms with E-state index in [0.717, 1.165) is 11.3 Å². The number of hydrogen-bond donors (Lipinski definition) is 3. The highest BCUT2D eigenvalue weighted by molar-refractivity contribution is 7.92. The molecule has 8 nitrogen and oxygen atoms in total. The molecule has 9 heteroatoms. The van der Waals surface area contributed by atoms with Crippen molar-refractivity contribution in [2.75, 3.05) is 4.72 Å². The highest BCUT2D eigenvalue weighted by Crippen LogP contribution is 2.24. The van der Waals surface area contributed by atoms with E-state index in [1.165, 1.54) is 18.3 Å². The lowest BCUT2D eigenvalue weighted by atomic mass is 10.1. The number of sulfonamides is 1. The number of aromatic nitrogens is 3. The van der Waals surface area contributed by atoms with Gasteiger partial charge in [0.25, 0.3) is 10.0 Å². The first-order valence-electron chi connectivity index (χ1n) is 8.65. The molecule has 0 atom stereocenters. The molecule has 2 aromatic carbocycles. The smallest absolute Gasteiger partial charge is 0.314 e. The van der Waals surface area contributed by atoms with Gasteiger partial charge in [0.2, 0.25) is 0 Å². The van der Waals surface area contributed by atoms with Crippen LogP contribution in [0.2, 0.25) is 0 Å². The highest BCUT2D eigenvalue weighted by atomic mass is 32.2. The summed E-state index contributed by atoms with van der Waals surface area (Å²) < 4.78 is 28.2. The van der Waals surface area contributed by atoms with E-state index in [1.54, 1.807) is 19.1 Å². The van der Waals surface area contributed by atoms with Gasteiger partial charge in [0.05, 0.1) is 33.5 Å². The molecule has 0 aliphatic carbocycles. The summed E-state index contributed by atoms with van der Waals surface area (Å²) in [4.78, 5) is 32.1. The molecular formula is C20H16N4O4S. The summed E-state index contributed by atoms with van der Waals surface area (Å²) in [5.74, 6) is 0. The average Bonchev–Trinajstić information content (AvgIpc) is 2.70. The summed E-state index contributed by atoms with van der Waals surface area (Å²) in [5.41, 5.74) is 1.29. The number of nitrogens with one attached hydrogen (secondary N) is 3. The first-order chi connectivity index (χ1) is 13.8. The summed E-state index contributed by atoms with van der Waals surface area (Å²) in [6.07, 6.45) is 1.44. The normalized spacial score (nSPS) is 11.5. The number of anilines is 1. The average molecular weight is 408 g/mol. The molecule has 0 aliphatic heterocycles. The predicted octanol–water partition coefficient (Wildman–Crippen LogP) is 2.39. The SMILES string of the molecule is Cc1cc2[nH]c(=O)c(=O)[nH]c2cc1S(=O)(=O)Nc1ccc(-c2ccccc2)nc1. The molecule has 0 unspecified atom stereocenters. The third-order valence-corrected chi connectivity index (χ3v) is 5.92. The van der Waals surface area contributed by atoms with Gasteiger partial charge < -0.3 is 9.97 Å². The summed E-state index contributed by atoms with van der Waals surface area (Å²) >= 11 is 0. The van der Waals surface area contributed by atoms with Gasteiger partial charge in [0, 0.05) is 5.56 Å². The van der Waals surface area contributed by atoms with Crippen LogP contribution in [0.25, 0.3) is 22.3 Å². The molecular weight excluding hydrogens is 392 g/mol. The largest absolute Gasteiger partial charge is 0.316 e. The molecule has 0 saturated carbocycles. The number of fused-ring (bicyclic) bond motifs is 1. The Labute approximate surface area is 165 Å². The predicted molar refractivity (Wildman–Crippen MR) is 110 cm³/mol. The fourth-order valence-corrected chi connectivity index (χ4v) is 4.28. The van der Waals surface area contributed by atoms with Crippen LogP contribution in [0.1, 0.15) is 5.56 Å². The maximum absolute atomic E-state index is 12.9. The van der Waals surface area contributed by atoms with Crippen molar-refractivity contribution >= 4 is 26.7 Å². The molecule has 0 amide bonds. The first kappa shape index (κ1) is 18.6. The van der Waals surface area contributed by atoms with Crippen LogP contribution in [0.5, 0.6) is 0 Å². The van der Waals surface area contributed by atoms with Gasteiger partial charge >= 0.3 is 11.1 Å². The topological polar surface area (TPSA) is 125 Å².